The van der Waals surface area contributed by atoms with Crippen LogP contribution in [0.5, 0.6) is 0 Å². The first kappa shape index (κ1) is 13.2. The summed E-state index contributed by atoms with van der Waals surface area (Å²) in [5, 5.41) is 7.30. The minimum absolute atomic E-state index is 0.0163. The summed E-state index contributed by atoms with van der Waals surface area (Å²) in [5.41, 5.74) is 1.50. The third kappa shape index (κ3) is 2.43. The van der Waals surface area contributed by atoms with Gasteiger partial charge < -0.3 is 4.90 Å². The second kappa shape index (κ2) is 5.29. The minimum atomic E-state index is -0.0491. The van der Waals surface area contributed by atoms with Gasteiger partial charge in [-0.15, -0.1) is 0 Å². The summed E-state index contributed by atoms with van der Waals surface area (Å²) in [6, 6.07) is 9.64. The molecule has 2 aromatic rings. The van der Waals surface area contributed by atoms with E-state index in [1.165, 1.54) is 0 Å². The molecule has 1 unspecified atom stereocenters. The first-order valence-electron chi connectivity index (χ1n) is 6.75. The zero-order chi connectivity index (χ0) is 14.1. The van der Waals surface area contributed by atoms with Crippen molar-refractivity contribution in [2.45, 2.75) is 31.8 Å². The van der Waals surface area contributed by atoms with E-state index < -0.39 is 0 Å². The third-order valence-corrected chi connectivity index (χ3v) is 4.02. The maximum Gasteiger partial charge on any atom is 0.272 e. The molecule has 0 radical (unpaired) electrons. The summed E-state index contributed by atoms with van der Waals surface area (Å²) in [6.45, 7) is 2.02. The maximum absolute atomic E-state index is 12.6. The largest absolute Gasteiger partial charge is 0.328 e. The van der Waals surface area contributed by atoms with Crippen LogP contribution in [0.1, 0.15) is 41.9 Å². The Labute approximate surface area is 122 Å². The fourth-order valence-electron chi connectivity index (χ4n) is 2.49. The molecule has 1 saturated carbocycles. The summed E-state index contributed by atoms with van der Waals surface area (Å²) in [5.74, 6) is -0.0163. The molecule has 1 atom stereocenters. The Morgan fingerprint density at radius 3 is 2.75 bits per heavy atom. The highest BCUT2D eigenvalue weighted by Crippen LogP contribution is 2.37. The molecule has 1 heterocycles. The Bertz CT molecular complexity index is 607. The number of carbonyl (C=O) groups is 1. The van der Waals surface area contributed by atoms with Crippen molar-refractivity contribution in [1.29, 1.82) is 0 Å². The molecule has 1 aromatic carbocycles. The molecule has 104 valence electrons. The van der Waals surface area contributed by atoms with E-state index in [1.54, 1.807) is 12.3 Å². The van der Waals surface area contributed by atoms with Gasteiger partial charge in [0.1, 0.15) is 5.69 Å². The predicted molar refractivity (Wildman–Crippen MR) is 77.6 cm³/mol. The van der Waals surface area contributed by atoms with Gasteiger partial charge in [0.2, 0.25) is 0 Å². The minimum Gasteiger partial charge on any atom is -0.328 e. The average molecular weight is 290 g/mol. The number of benzene rings is 1. The van der Waals surface area contributed by atoms with Gasteiger partial charge in [0, 0.05) is 17.3 Å². The van der Waals surface area contributed by atoms with Crippen molar-refractivity contribution in [1.82, 2.24) is 15.1 Å². The second-order valence-electron chi connectivity index (χ2n) is 5.11. The second-order valence-corrected chi connectivity index (χ2v) is 5.52. The van der Waals surface area contributed by atoms with E-state index in [4.69, 9.17) is 11.6 Å². The zero-order valence-electron chi connectivity index (χ0n) is 11.2. The van der Waals surface area contributed by atoms with Crippen molar-refractivity contribution in [2.24, 2.45) is 0 Å². The highest BCUT2D eigenvalue weighted by Gasteiger charge is 2.37. The van der Waals surface area contributed by atoms with E-state index in [0.29, 0.717) is 16.8 Å². The lowest BCUT2D eigenvalue weighted by molar-refractivity contribution is 0.0668. The smallest absolute Gasteiger partial charge is 0.272 e. The number of carbonyl (C=O) groups excluding carboxylic acids is 1. The number of amides is 1. The number of nitrogens with zero attached hydrogens (tertiary/aromatic N) is 2. The van der Waals surface area contributed by atoms with Crippen LogP contribution >= 0.6 is 11.6 Å². The molecular weight excluding hydrogens is 274 g/mol. The molecule has 1 aliphatic rings. The van der Waals surface area contributed by atoms with Gasteiger partial charge >= 0.3 is 0 Å². The molecule has 5 heteroatoms. The van der Waals surface area contributed by atoms with Crippen molar-refractivity contribution in [2.75, 3.05) is 0 Å². The molecule has 0 aliphatic heterocycles. The quantitative estimate of drug-likeness (QED) is 0.937. The molecule has 3 rings (SSSR count). The summed E-state index contributed by atoms with van der Waals surface area (Å²) < 4.78 is 0. The van der Waals surface area contributed by atoms with E-state index in [0.717, 1.165) is 18.4 Å². The van der Waals surface area contributed by atoms with Crippen molar-refractivity contribution in [3.63, 3.8) is 0 Å². The molecule has 0 saturated heterocycles. The lowest BCUT2D eigenvalue weighted by Crippen LogP contribution is -2.36. The van der Waals surface area contributed by atoms with Crippen LogP contribution in [0.3, 0.4) is 0 Å². The molecule has 1 aliphatic carbocycles. The van der Waals surface area contributed by atoms with Gasteiger partial charge in [0.05, 0.1) is 6.04 Å². The van der Waals surface area contributed by atoms with Crippen molar-refractivity contribution < 1.29 is 4.79 Å². The Kier molecular flexibility index (Phi) is 3.49. The molecular formula is C15H16ClN3O. The van der Waals surface area contributed by atoms with Crippen LogP contribution < -0.4 is 0 Å². The molecule has 20 heavy (non-hydrogen) atoms. The van der Waals surface area contributed by atoms with Gasteiger partial charge in [0.15, 0.2) is 0 Å². The molecule has 0 spiro atoms. The van der Waals surface area contributed by atoms with Crippen LogP contribution in [0.2, 0.25) is 5.02 Å². The van der Waals surface area contributed by atoms with Gasteiger partial charge in [-0.1, -0.05) is 29.8 Å². The van der Waals surface area contributed by atoms with E-state index in [2.05, 4.69) is 10.2 Å². The number of H-pyrrole nitrogens is 1. The highest BCUT2D eigenvalue weighted by atomic mass is 35.5. The van der Waals surface area contributed by atoms with E-state index in [1.807, 2.05) is 36.1 Å². The number of hydrogen-bond donors (Lipinski definition) is 1. The zero-order valence-corrected chi connectivity index (χ0v) is 12.0. The van der Waals surface area contributed by atoms with E-state index in [9.17, 15) is 4.79 Å². The fourth-order valence-corrected chi connectivity index (χ4v) is 2.78. The molecule has 0 bridgehead atoms. The van der Waals surface area contributed by atoms with Crippen molar-refractivity contribution in [3.05, 3.63) is 52.8 Å². The molecule has 1 aromatic heterocycles. The van der Waals surface area contributed by atoms with Gasteiger partial charge in [0.25, 0.3) is 5.91 Å². The third-order valence-electron chi connectivity index (χ3n) is 3.68. The van der Waals surface area contributed by atoms with E-state index >= 15 is 0 Å². The van der Waals surface area contributed by atoms with Crippen LogP contribution in [-0.4, -0.2) is 27.0 Å². The lowest BCUT2D eigenvalue weighted by atomic mass is 10.1. The normalized spacial score (nSPS) is 15.9. The average Bonchev–Trinajstić information content (AvgIpc) is 3.12. The SMILES string of the molecule is CC(c1ccccc1Cl)N(C(=O)c1ccn[nH]1)C1CC1. The monoisotopic (exact) mass is 289 g/mol. The summed E-state index contributed by atoms with van der Waals surface area (Å²) in [7, 11) is 0. The number of halogens is 1. The van der Waals surface area contributed by atoms with Gasteiger partial charge in [-0.25, -0.2) is 0 Å². The number of aromatic nitrogens is 2. The molecule has 4 nitrogen and oxygen atoms in total. The summed E-state index contributed by atoms with van der Waals surface area (Å²) in [4.78, 5) is 14.5. The number of nitrogens with one attached hydrogen (secondary N) is 1. The van der Waals surface area contributed by atoms with E-state index in [-0.39, 0.29) is 11.9 Å². The molecule has 1 fully saturated rings. The van der Waals surface area contributed by atoms with Crippen LogP contribution in [0.4, 0.5) is 0 Å². The van der Waals surface area contributed by atoms with Crippen LogP contribution in [0.15, 0.2) is 36.5 Å². The standard InChI is InChI=1S/C15H16ClN3O/c1-10(12-4-2-3-5-13(12)16)19(11-6-7-11)15(20)14-8-9-17-18-14/h2-5,8-11H,6-7H2,1H3,(H,17,18). The first-order chi connectivity index (χ1) is 9.68. The van der Waals surface area contributed by atoms with Crippen LogP contribution in [-0.2, 0) is 0 Å². The summed E-state index contributed by atoms with van der Waals surface area (Å²) >= 11 is 6.26. The lowest BCUT2D eigenvalue weighted by Gasteiger charge is -2.29. The first-order valence-corrected chi connectivity index (χ1v) is 7.12. The Hall–Kier alpha value is -1.81. The predicted octanol–water partition coefficient (Wildman–Crippen LogP) is 3.43. The van der Waals surface area contributed by atoms with Gasteiger partial charge in [-0.05, 0) is 37.5 Å². The maximum atomic E-state index is 12.6. The fraction of sp³-hybridized carbons (Fsp3) is 0.333. The summed E-state index contributed by atoms with van der Waals surface area (Å²) in [6.07, 6.45) is 3.70. The molecule has 1 amide bonds. The highest BCUT2D eigenvalue weighted by molar-refractivity contribution is 6.31. The van der Waals surface area contributed by atoms with Crippen molar-refractivity contribution >= 4 is 17.5 Å². The van der Waals surface area contributed by atoms with Crippen molar-refractivity contribution in [3.8, 4) is 0 Å². The number of aromatic amines is 1. The van der Waals surface area contributed by atoms with Gasteiger partial charge in [-0.3, -0.25) is 9.89 Å². The Morgan fingerprint density at radius 2 is 2.15 bits per heavy atom. The molecule has 1 N–H and O–H groups in total. The topological polar surface area (TPSA) is 49.0 Å². The Morgan fingerprint density at radius 1 is 1.40 bits per heavy atom. The van der Waals surface area contributed by atoms with Gasteiger partial charge in [-0.2, -0.15) is 5.10 Å². The van der Waals surface area contributed by atoms with Crippen LogP contribution in [0, 0.1) is 0 Å². The number of rotatable bonds is 4. The van der Waals surface area contributed by atoms with Crippen LogP contribution in [0.25, 0.3) is 0 Å². The Balaban J connectivity index is 1.91. The number of hydrogen-bond acceptors (Lipinski definition) is 2.